The van der Waals surface area contributed by atoms with Gasteiger partial charge in [-0.3, -0.25) is 4.79 Å². The summed E-state index contributed by atoms with van der Waals surface area (Å²) in [6, 6.07) is 3.84. The van der Waals surface area contributed by atoms with Crippen LogP contribution >= 0.6 is 12.2 Å². The molecule has 0 fully saturated rings. The van der Waals surface area contributed by atoms with Crippen molar-refractivity contribution in [2.75, 3.05) is 6.54 Å². The van der Waals surface area contributed by atoms with E-state index in [1.807, 2.05) is 13.8 Å². The lowest BCUT2D eigenvalue weighted by molar-refractivity contribution is 0.0708. The van der Waals surface area contributed by atoms with Crippen LogP contribution in [0.4, 0.5) is 0 Å². The summed E-state index contributed by atoms with van der Waals surface area (Å²) >= 11 is 4.80. The van der Waals surface area contributed by atoms with Gasteiger partial charge in [0.15, 0.2) is 0 Å². The van der Waals surface area contributed by atoms with Crippen molar-refractivity contribution in [3.8, 4) is 11.5 Å². The van der Waals surface area contributed by atoms with Crippen LogP contribution in [0.15, 0.2) is 18.2 Å². The number of nitrogens with two attached hydrogens (primary N) is 1. The van der Waals surface area contributed by atoms with Gasteiger partial charge >= 0.3 is 0 Å². The van der Waals surface area contributed by atoms with Crippen LogP contribution in [0, 0.1) is 0 Å². The fraction of sp³-hybridized carbons (Fsp3) is 0.385. The number of thiocarbonyl (C=S) groups is 1. The number of phenolic OH excluding ortho intramolecular Hbond substituents is 2. The third-order valence-corrected chi connectivity index (χ3v) is 2.90. The summed E-state index contributed by atoms with van der Waals surface area (Å²) in [6.07, 6.45) is 0.429. The SMILES string of the molecule is CC(C)N(CCC(N)=S)C(=O)c1ccc(O)cc1O. The molecule has 0 atom stereocenters. The Morgan fingerprint density at radius 1 is 1.42 bits per heavy atom. The van der Waals surface area contributed by atoms with Crippen LogP contribution in [0.25, 0.3) is 0 Å². The van der Waals surface area contributed by atoms with Crippen LogP contribution in [0.5, 0.6) is 11.5 Å². The van der Waals surface area contributed by atoms with Crippen molar-refractivity contribution in [2.24, 2.45) is 5.73 Å². The van der Waals surface area contributed by atoms with Gasteiger partial charge in [-0.05, 0) is 26.0 Å². The number of nitrogens with zero attached hydrogens (tertiary/aromatic N) is 1. The average molecular weight is 282 g/mol. The maximum atomic E-state index is 12.3. The van der Waals surface area contributed by atoms with E-state index in [-0.39, 0.29) is 29.0 Å². The zero-order valence-electron chi connectivity index (χ0n) is 11.0. The molecular weight excluding hydrogens is 264 g/mol. The number of aromatic hydroxyl groups is 2. The summed E-state index contributed by atoms with van der Waals surface area (Å²) in [5.74, 6) is -0.650. The number of hydrogen-bond acceptors (Lipinski definition) is 4. The zero-order valence-corrected chi connectivity index (χ0v) is 11.8. The standard InChI is InChI=1S/C13H18N2O3S/c1-8(2)15(6-5-12(14)19)13(18)10-4-3-9(16)7-11(10)17/h3-4,7-8,16-17H,5-6H2,1-2H3,(H2,14,19). The summed E-state index contributed by atoms with van der Waals surface area (Å²) in [5, 5.41) is 18.9. The molecule has 5 nitrogen and oxygen atoms in total. The topological polar surface area (TPSA) is 86.8 Å². The molecule has 1 aromatic carbocycles. The lowest BCUT2D eigenvalue weighted by Crippen LogP contribution is -2.39. The van der Waals surface area contributed by atoms with E-state index < -0.39 is 0 Å². The van der Waals surface area contributed by atoms with Gasteiger partial charge in [0.05, 0.1) is 10.6 Å². The summed E-state index contributed by atoms with van der Waals surface area (Å²) in [5.41, 5.74) is 5.59. The van der Waals surface area contributed by atoms with E-state index in [0.29, 0.717) is 18.0 Å². The Bertz CT molecular complexity index is 489. The van der Waals surface area contributed by atoms with E-state index in [1.54, 1.807) is 4.90 Å². The van der Waals surface area contributed by atoms with Gasteiger partial charge in [-0.15, -0.1) is 0 Å². The van der Waals surface area contributed by atoms with E-state index in [0.717, 1.165) is 6.07 Å². The number of hydrogen-bond donors (Lipinski definition) is 3. The minimum Gasteiger partial charge on any atom is -0.508 e. The minimum absolute atomic E-state index is 0.0462. The molecule has 1 amide bonds. The van der Waals surface area contributed by atoms with Crippen molar-refractivity contribution in [3.05, 3.63) is 23.8 Å². The van der Waals surface area contributed by atoms with Gasteiger partial charge in [0, 0.05) is 25.1 Å². The van der Waals surface area contributed by atoms with Crippen LogP contribution in [-0.4, -0.2) is 38.6 Å². The fourth-order valence-corrected chi connectivity index (χ4v) is 1.77. The monoisotopic (exact) mass is 282 g/mol. The molecule has 19 heavy (non-hydrogen) atoms. The second-order valence-corrected chi connectivity index (χ2v) is 5.03. The average Bonchev–Trinajstić information content (AvgIpc) is 2.27. The smallest absolute Gasteiger partial charge is 0.257 e. The van der Waals surface area contributed by atoms with Crippen molar-refractivity contribution >= 4 is 23.1 Å². The van der Waals surface area contributed by atoms with Crippen LogP contribution in [0.3, 0.4) is 0 Å². The normalized spacial score (nSPS) is 10.5. The number of phenols is 2. The molecule has 0 bridgehead atoms. The molecule has 6 heteroatoms. The largest absolute Gasteiger partial charge is 0.508 e. The van der Waals surface area contributed by atoms with E-state index >= 15 is 0 Å². The van der Waals surface area contributed by atoms with Crippen molar-refractivity contribution in [2.45, 2.75) is 26.3 Å². The predicted molar refractivity (Wildman–Crippen MR) is 77.3 cm³/mol. The number of carbonyl (C=O) groups excluding carboxylic acids is 1. The van der Waals surface area contributed by atoms with Crippen LogP contribution < -0.4 is 5.73 Å². The molecule has 0 spiro atoms. The predicted octanol–water partition coefficient (Wildman–Crippen LogP) is 1.62. The first-order chi connectivity index (χ1) is 8.82. The molecular formula is C13H18N2O3S. The maximum Gasteiger partial charge on any atom is 0.257 e. The van der Waals surface area contributed by atoms with Gasteiger partial charge < -0.3 is 20.8 Å². The molecule has 0 heterocycles. The Labute approximate surface area is 117 Å². The van der Waals surface area contributed by atoms with Crippen LogP contribution in [-0.2, 0) is 0 Å². The molecule has 0 saturated heterocycles. The fourth-order valence-electron chi connectivity index (χ4n) is 1.68. The first-order valence-electron chi connectivity index (χ1n) is 5.94. The Morgan fingerprint density at radius 3 is 2.53 bits per heavy atom. The third kappa shape index (κ3) is 4.10. The molecule has 0 aromatic heterocycles. The van der Waals surface area contributed by atoms with Crippen molar-refractivity contribution in [1.82, 2.24) is 4.90 Å². The van der Waals surface area contributed by atoms with Crippen molar-refractivity contribution < 1.29 is 15.0 Å². The summed E-state index contributed by atoms with van der Waals surface area (Å²) in [7, 11) is 0. The van der Waals surface area contributed by atoms with Crippen LogP contribution in [0.2, 0.25) is 0 Å². The minimum atomic E-state index is -0.316. The second kappa shape index (κ2) is 6.38. The van der Waals surface area contributed by atoms with E-state index in [4.69, 9.17) is 18.0 Å². The highest BCUT2D eigenvalue weighted by molar-refractivity contribution is 7.80. The Hall–Kier alpha value is -1.82. The van der Waals surface area contributed by atoms with Gasteiger partial charge in [-0.1, -0.05) is 12.2 Å². The summed E-state index contributed by atoms with van der Waals surface area (Å²) < 4.78 is 0. The quantitative estimate of drug-likeness (QED) is 0.714. The molecule has 104 valence electrons. The number of rotatable bonds is 5. The molecule has 0 aliphatic rings. The zero-order chi connectivity index (χ0) is 14.6. The molecule has 0 saturated carbocycles. The highest BCUT2D eigenvalue weighted by atomic mass is 32.1. The lowest BCUT2D eigenvalue weighted by atomic mass is 10.1. The summed E-state index contributed by atoms with van der Waals surface area (Å²) in [6.45, 7) is 4.13. The Balaban J connectivity index is 2.95. The van der Waals surface area contributed by atoms with Gasteiger partial charge in [-0.25, -0.2) is 0 Å². The van der Waals surface area contributed by atoms with Gasteiger partial charge in [-0.2, -0.15) is 0 Å². The molecule has 4 N–H and O–H groups in total. The van der Waals surface area contributed by atoms with Crippen LogP contribution in [0.1, 0.15) is 30.6 Å². The second-order valence-electron chi connectivity index (χ2n) is 4.51. The Morgan fingerprint density at radius 2 is 2.05 bits per heavy atom. The van der Waals surface area contributed by atoms with Gasteiger partial charge in [0.1, 0.15) is 11.5 Å². The molecule has 0 aliphatic carbocycles. The van der Waals surface area contributed by atoms with E-state index in [2.05, 4.69) is 0 Å². The highest BCUT2D eigenvalue weighted by Crippen LogP contribution is 2.24. The van der Waals surface area contributed by atoms with E-state index in [1.165, 1.54) is 12.1 Å². The molecule has 0 radical (unpaired) electrons. The van der Waals surface area contributed by atoms with Gasteiger partial charge in [0.25, 0.3) is 5.91 Å². The first-order valence-corrected chi connectivity index (χ1v) is 6.35. The third-order valence-electron chi connectivity index (χ3n) is 2.70. The summed E-state index contributed by atoms with van der Waals surface area (Å²) in [4.78, 5) is 14.2. The van der Waals surface area contributed by atoms with E-state index in [9.17, 15) is 15.0 Å². The number of carbonyl (C=O) groups is 1. The Kier molecular flexibility index (Phi) is 5.11. The van der Waals surface area contributed by atoms with Crippen molar-refractivity contribution in [3.63, 3.8) is 0 Å². The van der Waals surface area contributed by atoms with Crippen molar-refractivity contribution in [1.29, 1.82) is 0 Å². The van der Waals surface area contributed by atoms with Gasteiger partial charge in [0.2, 0.25) is 0 Å². The maximum absolute atomic E-state index is 12.3. The number of amides is 1. The molecule has 0 aliphatic heterocycles. The number of benzene rings is 1. The molecule has 0 unspecified atom stereocenters. The molecule has 1 aromatic rings. The highest BCUT2D eigenvalue weighted by Gasteiger charge is 2.21. The molecule has 1 rings (SSSR count). The lowest BCUT2D eigenvalue weighted by Gasteiger charge is -2.27. The first kappa shape index (κ1) is 15.2.